The number of rotatable bonds is 3. The van der Waals surface area contributed by atoms with Gasteiger partial charge in [0.2, 0.25) is 5.91 Å². The summed E-state index contributed by atoms with van der Waals surface area (Å²) in [6, 6.07) is 2.15. The van der Waals surface area contributed by atoms with Gasteiger partial charge < -0.3 is 16.4 Å². The Bertz CT molecular complexity index is 401. The maximum atomic E-state index is 12.6. The van der Waals surface area contributed by atoms with Crippen LogP contribution in [-0.4, -0.2) is 30.1 Å². The maximum absolute atomic E-state index is 12.6. The Balaban J connectivity index is 1.32. The second-order valence-electron chi connectivity index (χ2n) is 8.46. The number of carbonyl (C=O) groups is 1. The molecule has 124 valence electrons. The fraction of sp³-hybridized carbons (Fsp3) is 0.944. The molecule has 4 aliphatic rings. The molecule has 22 heavy (non-hydrogen) atoms. The first-order chi connectivity index (χ1) is 10.7. The minimum Gasteiger partial charge on any atom is -0.353 e. The lowest BCUT2D eigenvalue weighted by atomic mass is 9.67. The summed E-state index contributed by atoms with van der Waals surface area (Å²) in [6.07, 6.45) is 11.8. The number of fused-ring (bicyclic) bond motifs is 4. The summed E-state index contributed by atoms with van der Waals surface area (Å²) >= 11 is 0. The van der Waals surface area contributed by atoms with Crippen molar-refractivity contribution in [1.29, 1.82) is 0 Å². The van der Waals surface area contributed by atoms with E-state index in [2.05, 4.69) is 10.6 Å². The van der Waals surface area contributed by atoms with E-state index in [4.69, 9.17) is 5.73 Å². The van der Waals surface area contributed by atoms with E-state index in [0.29, 0.717) is 47.8 Å². The first-order valence-corrected chi connectivity index (χ1v) is 9.48. The Morgan fingerprint density at radius 1 is 1.00 bits per heavy atom. The Morgan fingerprint density at radius 2 is 1.64 bits per heavy atom. The minimum absolute atomic E-state index is 0.309. The molecule has 2 aliphatic carbocycles. The Labute approximate surface area is 134 Å². The molecule has 4 rings (SSSR count). The molecule has 0 radical (unpaired) electrons. The molecule has 0 aromatic carbocycles. The van der Waals surface area contributed by atoms with Gasteiger partial charge in [-0.3, -0.25) is 4.79 Å². The Hall–Kier alpha value is -0.610. The van der Waals surface area contributed by atoms with Crippen molar-refractivity contribution in [3.8, 4) is 0 Å². The monoisotopic (exact) mass is 305 g/mol. The molecule has 2 saturated heterocycles. The number of carbonyl (C=O) groups excluding carboxylic acids is 1. The van der Waals surface area contributed by atoms with Crippen LogP contribution in [0.25, 0.3) is 0 Å². The molecule has 4 heteroatoms. The van der Waals surface area contributed by atoms with Crippen molar-refractivity contribution in [2.75, 3.05) is 0 Å². The highest BCUT2D eigenvalue weighted by Gasteiger charge is 2.40. The van der Waals surface area contributed by atoms with Crippen LogP contribution < -0.4 is 16.4 Å². The van der Waals surface area contributed by atoms with Crippen LogP contribution in [0.4, 0.5) is 0 Å². The standard InChI is InChI=1S/C18H31N3O/c19-14-9-12-2-1-3-13(10-14)18(12)21-17(22)8-11-6-15-4-5-16(7-11)20-15/h11-16,18,20H,1-10,19H2,(H,21,22). The SMILES string of the molecule is NC1CC2CCCC(C1)C2NC(=O)CC1CC2CCC(C1)N2. The van der Waals surface area contributed by atoms with E-state index < -0.39 is 0 Å². The predicted molar refractivity (Wildman–Crippen MR) is 87.3 cm³/mol. The van der Waals surface area contributed by atoms with Gasteiger partial charge in [0, 0.05) is 30.6 Å². The van der Waals surface area contributed by atoms with Gasteiger partial charge in [0.15, 0.2) is 0 Å². The Kier molecular flexibility index (Phi) is 4.16. The quantitative estimate of drug-likeness (QED) is 0.746. The van der Waals surface area contributed by atoms with Gasteiger partial charge in [-0.25, -0.2) is 0 Å². The van der Waals surface area contributed by atoms with E-state index in [1.165, 1.54) is 44.9 Å². The molecule has 1 amide bonds. The molecule has 4 nitrogen and oxygen atoms in total. The molecule has 4 N–H and O–H groups in total. The summed E-state index contributed by atoms with van der Waals surface area (Å²) < 4.78 is 0. The van der Waals surface area contributed by atoms with Crippen molar-refractivity contribution < 1.29 is 4.79 Å². The highest BCUT2D eigenvalue weighted by atomic mass is 16.1. The summed E-state index contributed by atoms with van der Waals surface area (Å²) in [4.78, 5) is 12.6. The van der Waals surface area contributed by atoms with E-state index >= 15 is 0 Å². The van der Waals surface area contributed by atoms with Crippen LogP contribution in [0.1, 0.15) is 64.2 Å². The molecule has 0 aromatic heterocycles. The largest absolute Gasteiger partial charge is 0.353 e. The number of amides is 1. The van der Waals surface area contributed by atoms with Gasteiger partial charge >= 0.3 is 0 Å². The zero-order valence-corrected chi connectivity index (χ0v) is 13.6. The van der Waals surface area contributed by atoms with Gasteiger partial charge in [-0.05, 0) is 69.1 Å². The normalized spacial score (nSPS) is 47.2. The summed E-state index contributed by atoms with van der Waals surface area (Å²) in [5, 5.41) is 7.09. The molecule has 2 heterocycles. The molecule has 2 aliphatic heterocycles. The number of hydrogen-bond acceptors (Lipinski definition) is 3. The average Bonchev–Trinajstić information content (AvgIpc) is 2.79. The average molecular weight is 305 g/mol. The van der Waals surface area contributed by atoms with Crippen molar-refractivity contribution in [3.63, 3.8) is 0 Å². The smallest absolute Gasteiger partial charge is 0.220 e. The second-order valence-corrected chi connectivity index (χ2v) is 8.46. The fourth-order valence-electron chi connectivity index (χ4n) is 5.87. The first kappa shape index (κ1) is 14.9. The summed E-state index contributed by atoms with van der Waals surface area (Å²) in [5.74, 6) is 2.18. The van der Waals surface area contributed by atoms with Gasteiger partial charge in [-0.15, -0.1) is 0 Å². The zero-order chi connectivity index (χ0) is 15.1. The van der Waals surface area contributed by atoms with Crippen LogP contribution in [0.5, 0.6) is 0 Å². The molecule has 4 atom stereocenters. The molecule has 4 bridgehead atoms. The maximum Gasteiger partial charge on any atom is 0.220 e. The third kappa shape index (κ3) is 3.05. The number of hydrogen-bond donors (Lipinski definition) is 3. The molecular weight excluding hydrogens is 274 g/mol. The van der Waals surface area contributed by atoms with Crippen molar-refractivity contribution >= 4 is 5.91 Å². The van der Waals surface area contributed by atoms with E-state index in [0.717, 1.165) is 19.3 Å². The molecule has 0 spiro atoms. The molecule has 4 fully saturated rings. The number of nitrogens with one attached hydrogen (secondary N) is 2. The highest BCUT2D eigenvalue weighted by Crippen LogP contribution is 2.40. The van der Waals surface area contributed by atoms with Gasteiger partial charge in [0.1, 0.15) is 0 Å². The third-order valence-corrected chi connectivity index (χ3v) is 6.75. The second kappa shape index (κ2) is 6.12. The summed E-state index contributed by atoms with van der Waals surface area (Å²) in [7, 11) is 0. The van der Waals surface area contributed by atoms with Crippen LogP contribution in [0, 0.1) is 17.8 Å². The molecule has 2 saturated carbocycles. The van der Waals surface area contributed by atoms with Crippen LogP contribution in [0.15, 0.2) is 0 Å². The van der Waals surface area contributed by atoms with Gasteiger partial charge in [0.05, 0.1) is 0 Å². The zero-order valence-electron chi connectivity index (χ0n) is 13.6. The lowest BCUT2D eigenvalue weighted by molar-refractivity contribution is -0.124. The van der Waals surface area contributed by atoms with E-state index in [1.807, 2.05) is 0 Å². The van der Waals surface area contributed by atoms with Crippen LogP contribution >= 0.6 is 0 Å². The summed E-state index contributed by atoms with van der Waals surface area (Å²) in [6.45, 7) is 0. The summed E-state index contributed by atoms with van der Waals surface area (Å²) in [5.41, 5.74) is 6.19. The van der Waals surface area contributed by atoms with Crippen LogP contribution in [-0.2, 0) is 4.79 Å². The van der Waals surface area contributed by atoms with Crippen LogP contribution in [0.2, 0.25) is 0 Å². The third-order valence-electron chi connectivity index (χ3n) is 6.75. The number of nitrogens with two attached hydrogens (primary N) is 1. The Morgan fingerprint density at radius 3 is 2.27 bits per heavy atom. The van der Waals surface area contributed by atoms with Crippen molar-refractivity contribution in [2.45, 2.75) is 88.4 Å². The van der Waals surface area contributed by atoms with Gasteiger partial charge in [0.25, 0.3) is 0 Å². The lowest BCUT2D eigenvalue weighted by Gasteiger charge is -2.45. The number of piperidine rings is 1. The molecular formula is C18H31N3O. The van der Waals surface area contributed by atoms with Gasteiger partial charge in [-0.2, -0.15) is 0 Å². The van der Waals surface area contributed by atoms with E-state index in [-0.39, 0.29) is 0 Å². The van der Waals surface area contributed by atoms with Crippen LogP contribution in [0.3, 0.4) is 0 Å². The van der Waals surface area contributed by atoms with Crippen molar-refractivity contribution in [3.05, 3.63) is 0 Å². The topological polar surface area (TPSA) is 67.1 Å². The van der Waals surface area contributed by atoms with Crippen molar-refractivity contribution in [1.82, 2.24) is 10.6 Å². The predicted octanol–water partition coefficient (Wildman–Crippen LogP) is 1.93. The van der Waals surface area contributed by atoms with Crippen molar-refractivity contribution in [2.24, 2.45) is 23.5 Å². The van der Waals surface area contributed by atoms with E-state index in [1.54, 1.807) is 0 Å². The molecule has 0 aromatic rings. The lowest BCUT2D eigenvalue weighted by Crippen LogP contribution is -2.54. The first-order valence-electron chi connectivity index (χ1n) is 9.48. The highest BCUT2D eigenvalue weighted by molar-refractivity contribution is 5.76. The molecule has 4 unspecified atom stereocenters. The van der Waals surface area contributed by atoms with Gasteiger partial charge in [-0.1, -0.05) is 6.42 Å². The van der Waals surface area contributed by atoms with E-state index in [9.17, 15) is 4.79 Å². The minimum atomic E-state index is 0.309. The fourth-order valence-corrected chi connectivity index (χ4v) is 5.87.